The van der Waals surface area contributed by atoms with E-state index in [0.29, 0.717) is 29.0 Å². The maximum Gasteiger partial charge on any atom is 0.413 e. The molecule has 3 rings (SSSR count). The van der Waals surface area contributed by atoms with Gasteiger partial charge in [-0.2, -0.15) is 13.2 Å². The van der Waals surface area contributed by atoms with E-state index in [0.717, 1.165) is 20.1 Å². The maximum absolute atomic E-state index is 14.0. The molecule has 168 valence electrons. The summed E-state index contributed by atoms with van der Waals surface area (Å²) in [5.41, 5.74) is 0.411. The highest BCUT2D eigenvalue weighted by molar-refractivity contribution is 6.44. The smallest absolute Gasteiger partial charge is 0.335 e. The van der Waals surface area contributed by atoms with Crippen LogP contribution in [0.4, 0.5) is 18.0 Å². The van der Waals surface area contributed by atoms with Crippen molar-refractivity contribution < 1.29 is 18.0 Å². The lowest BCUT2D eigenvalue weighted by Crippen LogP contribution is -2.50. The van der Waals surface area contributed by atoms with Crippen molar-refractivity contribution in [2.24, 2.45) is 0 Å². The van der Waals surface area contributed by atoms with E-state index in [1.54, 1.807) is 0 Å². The molecular formula is C20H22Cl2F3N5O. The number of amides is 2. The summed E-state index contributed by atoms with van der Waals surface area (Å²) in [6.45, 7) is 1.53. The summed E-state index contributed by atoms with van der Waals surface area (Å²) in [6, 6.07) is -0.648. The fourth-order valence-corrected chi connectivity index (χ4v) is 4.10. The van der Waals surface area contributed by atoms with Gasteiger partial charge in [0.05, 0.1) is 21.9 Å². The highest BCUT2D eigenvalue weighted by atomic mass is 35.5. The van der Waals surface area contributed by atoms with Crippen molar-refractivity contribution in [1.29, 1.82) is 0 Å². The monoisotopic (exact) mass is 475 g/mol. The lowest BCUT2D eigenvalue weighted by molar-refractivity contribution is -0.175. The van der Waals surface area contributed by atoms with E-state index in [-0.39, 0.29) is 21.7 Å². The lowest BCUT2D eigenvalue weighted by Gasteiger charge is -2.34. The van der Waals surface area contributed by atoms with Gasteiger partial charge in [-0.15, -0.1) is 0 Å². The van der Waals surface area contributed by atoms with Crippen molar-refractivity contribution in [1.82, 2.24) is 25.1 Å². The quantitative estimate of drug-likeness (QED) is 0.690. The first-order valence-corrected chi connectivity index (χ1v) is 10.4. The number of nitrogens with one attached hydrogen (secondary N) is 1. The van der Waals surface area contributed by atoms with Crippen LogP contribution in [0.3, 0.4) is 0 Å². The van der Waals surface area contributed by atoms with Gasteiger partial charge in [-0.1, -0.05) is 35.3 Å². The number of aromatic nitrogens is 2. The second kappa shape index (κ2) is 9.58. The van der Waals surface area contributed by atoms with Crippen LogP contribution in [0.25, 0.3) is 11.3 Å². The molecule has 2 heterocycles. The van der Waals surface area contributed by atoms with E-state index in [1.807, 2.05) is 7.05 Å². The molecule has 0 spiro atoms. The number of hydrogen-bond acceptors (Lipinski definition) is 4. The SMILES string of the molecule is CN1CCC(NC(=O)N(C)[C@@H](c2ccc(-c3cnccn3)c(Cl)c2Cl)C(F)(F)F)CC1. The normalized spacial score (nSPS) is 16.7. The molecule has 1 fully saturated rings. The van der Waals surface area contributed by atoms with Crippen molar-refractivity contribution >= 4 is 29.2 Å². The summed E-state index contributed by atoms with van der Waals surface area (Å²) >= 11 is 12.6. The van der Waals surface area contributed by atoms with E-state index in [9.17, 15) is 18.0 Å². The Morgan fingerprint density at radius 3 is 2.48 bits per heavy atom. The Morgan fingerprint density at radius 1 is 1.23 bits per heavy atom. The van der Waals surface area contributed by atoms with E-state index < -0.39 is 18.2 Å². The Labute approximate surface area is 188 Å². The Kier molecular flexibility index (Phi) is 7.28. The molecular weight excluding hydrogens is 454 g/mol. The zero-order valence-electron chi connectivity index (χ0n) is 17.0. The molecule has 1 aromatic heterocycles. The third kappa shape index (κ3) is 5.39. The first kappa shape index (κ1) is 23.6. The van der Waals surface area contributed by atoms with Crippen molar-refractivity contribution in [3.63, 3.8) is 0 Å². The minimum absolute atomic E-state index is 0.0851. The van der Waals surface area contributed by atoms with Crippen molar-refractivity contribution in [2.45, 2.75) is 31.1 Å². The van der Waals surface area contributed by atoms with Gasteiger partial charge in [-0.3, -0.25) is 9.97 Å². The van der Waals surface area contributed by atoms with Crippen LogP contribution in [0.2, 0.25) is 10.0 Å². The zero-order chi connectivity index (χ0) is 22.8. The Hall–Kier alpha value is -2.10. The van der Waals surface area contributed by atoms with Crippen LogP contribution in [0.15, 0.2) is 30.7 Å². The standard InChI is InChI=1S/C20H22Cl2F3N5O/c1-29-9-5-12(6-10-29)28-19(31)30(2)18(20(23,24)25)14-4-3-13(16(21)17(14)22)15-11-26-7-8-27-15/h3-4,7-8,11-12,18H,5-6,9-10H2,1-2H3,(H,28,31)/t18-/m0/s1. The number of urea groups is 1. The van der Waals surface area contributed by atoms with Gasteiger partial charge in [0.2, 0.25) is 0 Å². The van der Waals surface area contributed by atoms with Crippen LogP contribution in [0.1, 0.15) is 24.4 Å². The number of carbonyl (C=O) groups excluding carboxylic acids is 1. The topological polar surface area (TPSA) is 61.4 Å². The highest BCUT2D eigenvalue weighted by Crippen LogP contribution is 2.44. The molecule has 0 radical (unpaired) electrons. The second-order valence-electron chi connectivity index (χ2n) is 7.50. The largest absolute Gasteiger partial charge is 0.413 e. The van der Waals surface area contributed by atoms with Gasteiger partial charge < -0.3 is 15.1 Å². The number of alkyl halides is 3. The predicted octanol–water partition coefficient (Wildman–Crippen LogP) is 4.79. The molecule has 1 aromatic carbocycles. The molecule has 6 nitrogen and oxygen atoms in total. The molecule has 2 amide bonds. The molecule has 31 heavy (non-hydrogen) atoms. The first-order valence-electron chi connectivity index (χ1n) is 9.62. The molecule has 1 aliphatic rings. The summed E-state index contributed by atoms with van der Waals surface area (Å²) in [6.07, 6.45) is 0.913. The number of halogens is 5. The van der Waals surface area contributed by atoms with Gasteiger partial charge in [0.25, 0.3) is 0 Å². The molecule has 0 aliphatic carbocycles. The number of piperidine rings is 1. The third-order valence-corrected chi connectivity index (χ3v) is 6.21. The molecule has 1 atom stereocenters. The van der Waals surface area contributed by atoms with Crippen molar-refractivity contribution in [3.8, 4) is 11.3 Å². The molecule has 0 unspecified atom stereocenters. The zero-order valence-corrected chi connectivity index (χ0v) is 18.5. The van der Waals surface area contributed by atoms with Crippen LogP contribution >= 0.6 is 23.2 Å². The molecule has 1 saturated heterocycles. The second-order valence-corrected chi connectivity index (χ2v) is 8.26. The van der Waals surface area contributed by atoms with Crippen LogP contribution in [0, 0.1) is 0 Å². The molecule has 1 aliphatic heterocycles. The summed E-state index contributed by atoms with van der Waals surface area (Å²) in [5.74, 6) is 0. The number of rotatable bonds is 4. The van der Waals surface area contributed by atoms with E-state index in [2.05, 4.69) is 20.2 Å². The van der Waals surface area contributed by atoms with E-state index in [4.69, 9.17) is 23.2 Å². The third-order valence-electron chi connectivity index (χ3n) is 5.31. The number of carbonyl (C=O) groups is 1. The molecule has 2 aromatic rings. The number of benzene rings is 1. The highest BCUT2D eigenvalue weighted by Gasteiger charge is 2.47. The molecule has 1 N–H and O–H groups in total. The van der Waals surface area contributed by atoms with E-state index >= 15 is 0 Å². The average molecular weight is 476 g/mol. The maximum atomic E-state index is 14.0. The number of likely N-dealkylation sites (tertiary alicyclic amines) is 1. The number of nitrogens with zero attached hydrogens (tertiary/aromatic N) is 4. The van der Waals surface area contributed by atoms with Gasteiger partial charge in [0.1, 0.15) is 0 Å². The predicted molar refractivity (Wildman–Crippen MR) is 113 cm³/mol. The van der Waals surface area contributed by atoms with Crippen LogP contribution in [-0.2, 0) is 0 Å². The average Bonchev–Trinajstić information content (AvgIpc) is 2.72. The summed E-state index contributed by atoms with van der Waals surface area (Å²) in [5, 5.41) is 2.33. The lowest BCUT2D eigenvalue weighted by atomic mass is 10.0. The summed E-state index contributed by atoms with van der Waals surface area (Å²) < 4.78 is 42.1. The van der Waals surface area contributed by atoms with Crippen LogP contribution < -0.4 is 5.32 Å². The van der Waals surface area contributed by atoms with Gasteiger partial charge in [0.15, 0.2) is 6.04 Å². The van der Waals surface area contributed by atoms with Crippen molar-refractivity contribution in [3.05, 3.63) is 46.3 Å². The first-order chi connectivity index (χ1) is 14.6. The van der Waals surface area contributed by atoms with Gasteiger partial charge in [-0.25, -0.2) is 4.79 Å². The molecule has 0 saturated carbocycles. The van der Waals surface area contributed by atoms with Crippen LogP contribution in [-0.4, -0.2) is 65.2 Å². The Balaban J connectivity index is 1.89. The Morgan fingerprint density at radius 2 is 1.90 bits per heavy atom. The van der Waals surface area contributed by atoms with Crippen molar-refractivity contribution in [2.75, 3.05) is 27.2 Å². The van der Waals surface area contributed by atoms with Gasteiger partial charge in [-0.05, 0) is 33.0 Å². The minimum Gasteiger partial charge on any atom is -0.335 e. The fraction of sp³-hybridized carbons (Fsp3) is 0.450. The summed E-state index contributed by atoms with van der Waals surface area (Å²) in [7, 11) is 3.06. The molecule has 0 bridgehead atoms. The fourth-order valence-electron chi connectivity index (χ4n) is 3.56. The molecule has 11 heteroatoms. The van der Waals surface area contributed by atoms with E-state index in [1.165, 1.54) is 30.7 Å². The number of hydrogen-bond donors (Lipinski definition) is 1. The summed E-state index contributed by atoms with van der Waals surface area (Å²) in [4.78, 5) is 23.4. The minimum atomic E-state index is -4.76. The Bertz CT molecular complexity index is 921. The van der Waals surface area contributed by atoms with Crippen LogP contribution in [0.5, 0.6) is 0 Å². The van der Waals surface area contributed by atoms with Gasteiger partial charge in [0, 0.05) is 36.6 Å². The van der Waals surface area contributed by atoms with Gasteiger partial charge >= 0.3 is 12.2 Å².